The average molecular weight is 357 g/mol. The highest BCUT2D eigenvalue weighted by Crippen LogP contribution is 2.30. The number of hydrogen-bond acceptors (Lipinski definition) is 5. The van der Waals surface area contributed by atoms with Crippen molar-refractivity contribution >= 4 is 34.4 Å². The van der Waals surface area contributed by atoms with E-state index in [0.717, 1.165) is 10.6 Å². The summed E-state index contributed by atoms with van der Waals surface area (Å²) in [6.45, 7) is 5.82. The summed E-state index contributed by atoms with van der Waals surface area (Å²) in [5, 5.41) is 12.5. The fourth-order valence-electron chi connectivity index (χ4n) is 2.48. The highest BCUT2D eigenvalue weighted by molar-refractivity contribution is 7.15. The Morgan fingerprint density at radius 1 is 1.36 bits per heavy atom. The normalized spacial score (nSPS) is 11.2. The summed E-state index contributed by atoms with van der Waals surface area (Å²) in [5.74, 6) is -1.06. The average Bonchev–Trinajstić information content (AvgIpc) is 3.17. The number of rotatable bonds is 6. The molecule has 130 valence electrons. The Morgan fingerprint density at radius 2 is 2.12 bits per heavy atom. The number of imidazole rings is 1. The lowest BCUT2D eigenvalue weighted by atomic mass is 10.1. The summed E-state index contributed by atoms with van der Waals surface area (Å²) in [5.41, 5.74) is 2.10. The highest BCUT2D eigenvalue weighted by Gasteiger charge is 2.16. The first-order valence-electron chi connectivity index (χ1n) is 7.94. The second-order valence-electron chi connectivity index (χ2n) is 6.17. The monoisotopic (exact) mass is 357 g/mol. The summed E-state index contributed by atoms with van der Waals surface area (Å²) < 4.78 is 1.76. The van der Waals surface area contributed by atoms with E-state index in [1.165, 1.54) is 10.9 Å². The van der Waals surface area contributed by atoms with E-state index >= 15 is 0 Å². The van der Waals surface area contributed by atoms with Crippen LogP contribution in [-0.4, -0.2) is 32.8 Å². The van der Waals surface area contributed by atoms with Crippen LogP contribution in [0, 0.1) is 12.8 Å². The molecule has 0 bridgehead atoms. The Morgan fingerprint density at radius 3 is 2.72 bits per heavy atom. The minimum absolute atomic E-state index is 0.0551. The number of hydrogen-bond donors (Lipinski definition) is 2. The van der Waals surface area contributed by atoms with Crippen LogP contribution in [0.3, 0.4) is 0 Å². The number of carboxylic acids is 1. The van der Waals surface area contributed by atoms with Gasteiger partial charge in [0.1, 0.15) is 0 Å². The number of thiophene rings is 1. The van der Waals surface area contributed by atoms with Crippen molar-refractivity contribution in [2.45, 2.75) is 20.8 Å². The van der Waals surface area contributed by atoms with E-state index in [1.807, 2.05) is 32.9 Å². The van der Waals surface area contributed by atoms with Crippen LogP contribution in [0.4, 0.5) is 5.69 Å². The van der Waals surface area contributed by atoms with Gasteiger partial charge in [0.25, 0.3) is 0 Å². The zero-order chi connectivity index (χ0) is 18.1. The summed E-state index contributed by atoms with van der Waals surface area (Å²) >= 11 is 1.62. The Hall–Kier alpha value is -2.67. The number of aryl methyl sites for hydroxylation is 1. The van der Waals surface area contributed by atoms with Crippen LogP contribution in [0.15, 0.2) is 30.6 Å². The number of nitrogens with zero attached hydrogens (tertiary/aromatic N) is 2. The predicted octanol–water partition coefficient (Wildman–Crippen LogP) is 3.71. The number of carbonyl (C=O) groups excluding carboxylic acids is 1. The largest absolute Gasteiger partial charge is 0.478 e. The standard InChI is InChI=1S/C18H19N3O3S/c1-10(2)15(22)8-19-13-6-12(18(23)24)9-21-14(7-20-17(13)21)16-5-4-11(3)25-16/h4-7,9-10,19H,8H2,1-3H3,(H,23,24). The molecule has 2 N–H and O–H groups in total. The zero-order valence-electron chi connectivity index (χ0n) is 14.2. The molecule has 3 aromatic heterocycles. The van der Waals surface area contributed by atoms with Crippen LogP contribution in [0.1, 0.15) is 29.1 Å². The summed E-state index contributed by atoms with van der Waals surface area (Å²) in [4.78, 5) is 30.0. The minimum Gasteiger partial charge on any atom is -0.478 e. The molecule has 7 heteroatoms. The molecule has 0 radical (unpaired) electrons. The number of fused-ring (bicyclic) bond motifs is 1. The maximum atomic E-state index is 11.9. The molecule has 0 fully saturated rings. The molecule has 0 amide bonds. The van der Waals surface area contributed by atoms with Gasteiger partial charge in [-0.05, 0) is 25.1 Å². The van der Waals surface area contributed by atoms with E-state index in [9.17, 15) is 14.7 Å². The van der Waals surface area contributed by atoms with Gasteiger partial charge in [-0.2, -0.15) is 0 Å². The Labute approximate surface area is 149 Å². The van der Waals surface area contributed by atoms with Gasteiger partial charge in [-0.3, -0.25) is 9.20 Å². The fraction of sp³-hybridized carbons (Fsp3) is 0.278. The number of carbonyl (C=O) groups is 2. The summed E-state index contributed by atoms with van der Waals surface area (Å²) in [6.07, 6.45) is 3.28. The van der Waals surface area contributed by atoms with Crippen molar-refractivity contribution in [3.05, 3.63) is 41.0 Å². The van der Waals surface area contributed by atoms with Crippen molar-refractivity contribution in [2.24, 2.45) is 5.92 Å². The number of aromatic nitrogens is 2. The van der Waals surface area contributed by atoms with Gasteiger partial charge < -0.3 is 10.4 Å². The van der Waals surface area contributed by atoms with Gasteiger partial charge in [-0.25, -0.2) is 9.78 Å². The quantitative estimate of drug-likeness (QED) is 0.703. The molecule has 0 saturated carbocycles. The van der Waals surface area contributed by atoms with Gasteiger partial charge in [-0.15, -0.1) is 11.3 Å². The van der Waals surface area contributed by atoms with Crippen molar-refractivity contribution in [1.29, 1.82) is 0 Å². The molecular weight excluding hydrogens is 338 g/mol. The maximum absolute atomic E-state index is 11.9. The smallest absolute Gasteiger partial charge is 0.337 e. The van der Waals surface area contributed by atoms with Crippen molar-refractivity contribution in [3.63, 3.8) is 0 Å². The third-order valence-electron chi connectivity index (χ3n) is 3.94. The minimum atomic E-state index is -1.03. The number of ketones is 1. The first-order valence-corrected chi connectivity index (χ1v) is 8.76. The number of Topliss-reactive ketones (excluding diaryl/α,β-unsaturated/α-hetero) is 1. The van der Waals surface area contributed by atoms with E-state index in [1.54, 1.807) is 28.1 Å². The molecule has 0 saturated heterocycles. The number of nitrogens with one attached hydrogen (secondary N) is 1. The third kappa shape index (κ3) is 3.41. The topological polar surface area (TPSA) is 83.7 Å². The van der Waals surface area contributed by atoms with Gasteiger partial charge in [0.2, 0.25) is 0 Å². The number of carboxylic acid groups (broad SMARTS) is 1. The second-order valence-corrected chi connectivity index (χ2v) is 7.46. The fourth-order valence-corrected chi connectivity index (χ4v) is 3.35. The highest BCUT2D eigenvalue weighted by atomic mass is 32.1. The van der Waals surface area contributed by atoms with Crippen molar-refractivity contribution < 1.29 is 14.7 Å². The van der Waals surface area contributed by atoms with Gasteiger partial charge in [-0.1, -0.05) is 13.8 Å². The number of aromatic carboxylic acids is 1. The molecule has 3 heterocycles. The lowest BCUT2D eigenvalue weighted by molar-refractivity contribution is -0.120. The van der Waals surface area contributed by atoms with Crippen LogP contribution in [0.5, 0.6) is 0 Å². The first-order chi connectivity index (χ1) is 11.9. The molecule has 25 heavy (non-hydrogen) atoms. The summed E-state index contributed by atoms with van der Waals surface area (Å²) in [7, 11) is 0. The molecule has 6 nitrogen and oxygen atoms in total. The van der Waals surface area contributed by atoms with Crippen LogP contribution < -0.4 is 5.32 Å². The van der Waals surface area contributed by atoms with Gasteiger partial charge >= 0.3 is 5.97 Å². The zero-order valence-corrected chi connectivity index (χ0v) is 15.1. The lowest BCUT2D eigenvalue weighted by Gasteiger charge is -2.11. The Kier molecular flexibility index (Phi) is 4.59. The number of pyridine rings is 1. The lowest BCUT2D eigenvalue weighted by Crippen LogP contribution is -2.19. The van der Waals surface area contributed by atoms with E-state index in [4.69, 9.17) is 0 Å². The van der Waals surface area contributed by atoms with E-state index in [2.05, 4.69) is 10.3 Å². The molecule has 0 aliphatic carbocycles. The van der Waals surface area contributed by atoms with E-state index in [0.29, 0.717) is 11.3 Å². The van der Waals surface area contributed by atoms with Crippen molar-refractivity contribution in [3.8, 4) is 10.6 Å². The van der Waals surface area contributed by atoms with Crippen LogP contribution in [0.2, 0.25) is 0 Å². The first kappa shape index (κ1) is 17.2. The van der Waals surface area contributed by atoms with Crippen molar-refractivity contribution in [1.82, 2.24) is 9.38 Å². The van der Waals surface area contributed by atoms with Crippen LogP contribution in [0.25, 0.3) is 16.2 Å². The SMILES string of the molecule is Cc1ccc(-c2cnc3c(NCC(=O)C(C)C)cc(C(=O)O)cn23)s1. The number of anilines is 1. The molecular formula is C18H19N3O3S. The summed E-state index contributed by atoms with van der Waals surface area (Å²) in [6, 6.07) is 5.52. The maximum Gasteiger partial charge on any atom is 0.337 e. The molecule has 0 aliphatic heterocycles. The van der Waals surface area contributed by atoms with Crippen LogP contribution >= 0.6 is 11.3 Å². The molecule has 0 aliphatic rings. The van der Waals surface area contributed by atoms with E-state index < -0.39 is 5.97 Å². The molecule has 0 aromatic carbocycles. The van der Waals surface area contributed by atoms with Gasteiger partial charge in [0.15, 0.2) is 11.4 Å². The molecule has 0 spiro atoms. The van der Waals surface area contributed by atoms with E-state index in [-0.39, 0.29) is 23.8 Å². The Balaban J connectivity index is 2.08. The van der Waals surface area contributed by atoms with Gasteiger partial charge in [0, 0.05) is 17.0 Å². The molecule has 0 unspecified atom stereocenters. The predicted molar refractivity (Wildman–Crippen MR) is 98.5 cm³/mol. The third-order valence-corrected chi connectivity index (χ3v) is 4.97. The van der Waals surface area contributed by atoms with Crippen molar-refractivity contribution in [2.75, 3.05) is 11.9 Å². The second kappa shape index (κ2) is 6.68. The molecule has 3 rings (SSSR count). The van der Waals surface area contributed by atoms with Crippen LogP contribution in [-0.2, 0) is 4.79 Å². The molecule has 3 aromatic rings. The van der Waals surface area contributed by atoms with Gasteiger partial charge in [0.05, 0.1) is 34.6 Å². The molecule has 0 atom stereocenters. The Bertz CT molecular complexity index is 956.